The molecule has 1 atom stereocenters. The average molecular weight is 470 g/mol. The summed E-state index contributed by atoms with van der Waals surface area (Å²) in [5.41, 5.74) is 1.55. The van der Waals surface area contributed by atoms with Crippen LogP contribution in [0.3, 0.4) is 0 Å². The van der Waals surface area contributed by atoms with Crippen LogP contribution in [0.1, 0.15) is 37.7 Å². The first kappa shape index (κ1) is 24.0. The van der Waals surface area contributed by atoms with Crippen LogP contribution in [0, 0.1) is 12.5 Å². The number of aromatic nitrogens is 3. The molecule has 1 amide bonds. The lowest BCUT2D eigenvalue weighted by Crippen LogP contribution is -2.45. The van der Waals surface area contributed by atoms with Crippen LogP contribution in [0.15, 0.2) is 67.5 Å². The maximum absolute atomic E-state index is 13.4. The Morgan fingerprint density at radius 1 is 1.17 bits per heavy atom. The summed E-state index contributed by atoms with van der Waals surface area (Å²) in [5, 5.41) is 9.69. The SMILES string of the molecule is [C-]#[N+]c1ccc(CNC(=O)[C@H](Nc2cc(-n3cccc3)nc(NCC=C)n2)C2CCCCC2)cc1. The van der Waals surface area contributed by atoms with Crippen molar-refractivity contribution in [3.05, 3.63) is 84.5 Å². The Balaban J connectivity index is 1.55. The highest BCUT2D eigenvalue weighted by Gasteiger charge is 2.30. The molecule has 0 radical (unpaired) electrons. The summed E-state index contributed by atoms with van der Waals surface area (Å²) in [6, 6.07) is 12.6. The largest absolute Gasteiger partial charge is 0.358 e. The topological polar surface area (TPSA) is 88.2 Å². The minimum atomic E-state index is -0.405. The van der Waals surface area contributed by atoms with Gasteiger partial charge in [-0.3, -0.25) is 4.79 Å². The lowest BCUT2D eigenvalue weighted by molar-refractivity contribution is -0.123. The Bertz CT molecular complexity index is 1160. The van der Waals surface area contributed by atoms with E-state index in [0.717, 1.165) is 31.2 Å². The summed E-state index contributed by atoms with van der Waals surface area (Å²) in [6.45, 7) is 11.8. The molecule has 0 unspecified atom stereocenters. The minimum Gasteiger partial charge on any atom is -0.358 e. The van der Waals surface area contributed by atoms with Gasteiger partial charge in [0.25, 0.3) is 0 Å². The second-order valence-corrected chi connectivity index (χ2v) is 8.71. The zero-order valence-electron chi connectivity index (χ0n) is 19.8. The molecule has 1 aliphatic carbocycles. The van der Waals surface area contributed by atoms with E-state index >= 15 is 0 Å². The molecule has 8 heteroatoms. The predicted molar refractivity (Wildman–Crippen MR) is 139 cm³/mol. The molecular formula is C27H31N7O. The number of carbonyl (C=O) groups excluding carboxylic acids is 1. The van der Waals surface area contributed by atoms with Gasteiger partial charge in [-0.1, -0.05) is 49.6 Å². The highest BCUT2D eigenvalue weighted by molar-refractivity contribution is 5.84. The lowest BCUT2D eigenvalue weighted by Gasteiger charge is -2.30. The van der Waals surface area contributed by atoms with E-state index < -0.39 is 6.04 Å². The summed E-state index contributed by atoms with van der Waals surface area (Å²) >= 11 is 0. The summed E-state index contributed by atoms with van der Waals surface area (Å²) in [4.78, 5) is 26.1. The predicted octanol–water partition coefficient (Wildman–Crippen LogP) is 5.09. The van der Waals surface area contributed by atoms with Gasteiger partial charge in [0.2, 0.25) is 11.9 Å². The summed E-state index contributed by atoms with van der Waals surface area (Å²) < 4.78 is 1.91. The summed E-state index contributed by atoms with van der Waals surface area (Å²) in [7, 11) is 0. The van der Waals surface area contributed by atoms with Gasteiger partial charge in [-0.2, -0.15) is 9.97 Å². The average Bonchev–Trinajstić information content (AvgIpc) is 3.45. The molecule has 1 fully saturated rings. The van der Waals surface area contributed by atoms with E-state index in [0.29, 0.717) is 36.4 Å². The fourth-order valence-corrected chi connectivity index (χ4v) is 4.38. The Morgan fingerprint density at radius 3 is 2.60 bits per heavy atom. The number of anilines is 2. The maximum Gasteiger partial charge on any atom is 0.243 e. The van der Waals surface area contributed by atoms with E-state index in [9.17, 15) is 4.79 Å². The number of benzene rings is 1. The fraction of sp³-hybridized carbons (Fsp3) is 0.333. The van der Waals surface area contributed by atoms with E-state index in [1.54, 1.807) is 18.2 Å². The van der Waals surface area contributed by atoms with Crippen LogP contribution >= 0.6 is 0 Å². The zero-order valence-corrected chi connectivity index (χ0v) is 19.8. The molecular weight excluding hydrogens is 438 g/mol. The minimum absolute atomic E-state index is 0.0483. The van der Waals surface area contributed by atoms with Gasteiger partial charge in [-0.15, -0.1) is 6.58 Å². The van der Waals surface area contributed by atoms with Gasteiger partial charge < -0.3 is 20.5 Å². The Hall–Kier alpha value is -4.12. The van der Waals surface area contributed by atoms with E-state index in [1.165, 1.54) is 6.42 Å². The molecule has 0 spiro atoms. The van der Waals surface area contributed by atoms with Gasteiger partial charge in [0.15, 0.2) is 5.69 Å². The molecule has 3 N–H and O–H groups in total. The third-order valence-corrected chi connectivity index (χ3v) is 6.23. The van der Waals surface area contributed by atoms with Crippen molar-refractivity contribution in [3.63, 3.8) is 0 Å². The van der Waals surface area contributed by atoms with Crippen molar-refractivity contribution in [2.75, 3.05) is 17.2 Å². The summed E-state index contributed by atoms with van der Waals surface area (Å²) in [6.07, 6.45) is 11.1. The number of nitrogens with one attached hydrogen (secondary N) is 3. The van der Waals surface area contributed by atoms with Crippen molar-refractivity contribution >= 4 is 23.4 Å². The van der Waals surface area contributed by atoms with Crippen molar-refractivity contribution in [3.8, 4) is 5.82 Å². The van der Waals surface area contributed by atoms with Gasteiger partial charge in [0.1, 0.15) is 17.7 Å². The highest BCUT2D eigenvalue weighted by atomic mass is 16.2. The molecule has 0 aliphatic heterocycles. The van der Waals surface area contributed by atoms with Crippen molar-refractivity contribution < 1.29 is 4.79 Å². The van der Waals surface area contributed by atoms with Gasteiger partial charge in [0.05, 0.1) is 6.57 Å². The first-order valence-electron chi connectivity index (χ1n) is 12.0. The van der Waals surface area contributed by atoms with E-state index in [2.05, 4.69) is 37.3 Å². The van der Waals surface area contributed by atoms with Crippen LogP contribution in [0.25, 0.3) is 10.7 Å². The van der Waals surface area contributed by atoms with Crippen LogP contribution < -0.4 is 16.0 Å². The molecule has 35 heavy (non-hydrogen) atoms. The number of rotatable bonds is 10. The molecule has 1 aliphatic rings. The Kier molecular flexibility index (Phi) is 8.12. The molecule has 1 saturated carbocycles. The van der Waals surface area contributed by atoms with Crippen molar-refractivity contribution in [1.29, 1.82) is 0 Å². The maximum atomic E-state index is 13.4. The fourth-order valence-electron chi connectivity index (χ4n) is 4.38. The van der Waals surface area contributed by atoms with Gasteiger partial charge >= 0.3 is 0 Å². The molecule has 1 aromatic carbocycles. The van der Waals surface area contributed by atoms with E-state index in [1.807, 2.05) is 47.3 Å². The van der Waals surface area contributed by atoms with Gasteiger partial charge in [0, 0.05) is 31.5 Å². The van der Waals surface area contributed by atoms with Crippen LogP contribution in [0.4, 0.5) is 17.5 Å². The number of carbonyl (C=O) groups is 1. The van der Waals surface area contributed by atoms with Crippen LogP contribution in [-0.2, 0) is 11.3 Å². The standard InChI is InChI=1S/C27H31N7O/c1-3-15-29-27-32-23(18-24(33-27)34-16-7-8-17-34)31-25(21-9-5-4-6-10-21)26(35)30-19-20-11-13-22(28-2)14-12-20/h3,7-8,11-14,16-18,21,25H,1,4-6,9-10,15,19H2,(H,30,35)(H2,29,31,32,33)/t25-/m1/s1. The Labute approximate surface area is 206 Å². The molecule has 2 aromatic heterocycles. The smallest absolute Gasteiger partial charge is 0.243 e. The highest BCUT2D eigenvalue weighted by Crippen LogP contribution is 2.29. The van der Waals surface area contributed by atoms with E-state index in [-0.39, 0.29) is 11.8 Å². The molecule has 8 nitrogen and oxygen atoms in total. The van der Waals surface area contributed by atoms with Gasteiger partial charge in [-0.25, -0.2) is 4.85 Å². The third kappa shape index (κ3) is 6.48. The first-order chi connectivity index (χ1) is 17.2. The molecule has 180 valence electrons. The van der Waals surface area contributed by atoms with Gasteiger partial charge in [-0.05, 0) is 36.5 Å². The molecule has 0 saturated heterocycles. The second kappa shape index (κ2) is 11.8. The molecule has 4 rings (SSSR count). The molecule has 2 heterocycles. The number of hydrogen-bond donors (Lipinski definition) is 3. The first-order valence-corrected chi connectivity index (χ1v) is 12.0. The van der Waals surface area contributed by atoms with Crippen molar-refractivity contribution in [2.24, 2.45) is 5.92 Å². The lowest BCUT2D eigenvalue weighted by atomic mass is 9.83. The number of amides is 1. The molecule has 0 bridgehead atoms. The number of hydrogen-bond acceptors (Lipinski definition) is 5. The Morgan fingerprint density at radius 2 is 1.91 bits per heavy atom. The zero-order chi connectivity index (χ0) is 24.5. The van der Waals surface area contributed by atoms with E-state index in [4.69, 9.17) is 6.57 Å². The van der Waals surface area contributed by atoms with Crippen LogP contribution in [0.2, 0.25) is 0 Å². The normalized spacial score (nSPS) is 14.5. The monoisotopic (exact) mass is 469 g/mol. The molecule has 3 aromatic rings. The van der Waals surface area contributed by atoms with Crippen LogP contribution in [-0.4, -0.2) is 33.0 Å². The number of nitrogens with zero attached hydrogens (tertiary/aromatic N) is 4. The summed E-state index contributed by atoms with van der Waals surface area (Å²) in [5.74, 6) is 1.96. The quantitative estimate of drug-likeness (QED) is 0.284. The van der Waals surface area contributed by atoms with Crippen molar-refractivity contribution in [1.82, 2.24) is 19.9 Å². The third-order valence-electron chi connectivity index (χ3n) is 6.23. The van der Waals surface area contributed by atoms with Crippen LogP contribution in [0.5, 0.6) is 0 Å². The second-order valence-electron chi connectivity index (χ2n) is 8.71. The van der Waals surface area contributed by atoms with Crippen molar-refractivity contribution in [2.45, 2.75) is 44.7 Å².